The summed E-state index contributed by atoms with van der Waals surface area (Å²) < 4.78 is 25.4. The van der Waals surface area contributed by atoms with Crippen molar-refractivity contribution in [3.05, 3.63) is 0 Å². The molecule has 1 rings (SSSR count). The maximum absolute atomic E-state index is 13.6. The lowest BCUT2D eigenvalue weighted by Gasteiger charge is -2.27. The van der Waals surface area contributed by atoms with Gasteiger partial charge in [0.15, 0.2) is 0 Å². The Kier molecular flexibility index (Phi) is 13.6. The fourth-order valence-corrected chi connectivity index (χ4v) is 5.79. The molecule has 1 aliphatic rings. The lowest BCUT2D eigenvalue weighted by molar-refractivity contribution is -0.118. The van der Waals surface area contributed by atoms with Crippen LogP contribution >= 0.6 is 7.60 Å². The van der Waals surface area contributed by atoms with Crippen LogP contribution in [0.4, 0.5) is 0 Å². The van der Waals surface area contributed by atoms with Gasteiger partial charge in [-0.25, -0.2) is 0 Å². The van der Waals surface area contributed by atoms with Gasteiger partial charge >= 0.3 is 7.60 Å². The molecule has 1 aliphatic carbocycles. The summed E-state index contributed by atoms with van der Waals surface area (Å²) in [6.07, 6.45) is 13.5. The lowest BCUT2D eigenvalue weighted by Crippen LogP contribution is -2.22. The van der Waals surface area contributed by atoms with Gasteiger partial charge in [-0.2, -0.15) is 0 Å². The monoisotopic (exact) mass is 416 g/mol. The van der Waals surface area contributed by atoms with Crippen molar-refractivity contribution in [1.29, 1.82) is 0 Å². The van der Waals surface area contributed by atoms with Crippen LogP contribution in [-0.4, -0.2) is 18.7 Å². The molecule has 0 radical (unpaired) electrons. The van der Waals surface area contributed by atoms with E-state index in [1.165, 1.54) is 6.42 Å². The third kappa shape index (κ3) is 9.09. The molecular weight excluding hydrogens is 371 g/mol. The molecule has 4 nitrogen and oxygen atoms in total. The van der Waals surface area contributed by atoms with Crippen LogP contribution in [-0.2, 0) is 18.4 Å². The predicted molar refractivity (Wildman–Crippen MR) is 118 cm³/mol. The number of carbonyl (C=O) groups is 1. The first-order chi connectivity index (χ1) is 13.5. The van der Waals surface area contributed by atoms with Crippen molar-refractivity contribution in [2.75, 3.05) is 13.2 Å². The average molecular weight is 417 g/mol. The Bertz CT molecular complexity index is 436. The topological polar surface area (TPSA) is 52.6 Å². The number of rotatable bonds is 16. The van der Waals surface area contributed by atoms with Crippen molar-refractivity contribution in [3.63, 3.8) is 0 Å². The first-order valence-electron chi connectivity index (χ1n) is 11.9. The van der Waals surface area contributed by atoms with Gasteiger partial charge in [0, 0.05) is 5.92 Å². The van der Waals surface area contributed by atoms with E-state index in [0.717, 1.165) is 77.0 Å². The maximum atomic E-state index is 13.6. The highest BCUT2D eigenvalue weighted by atomic mass is 31.2. The zero-order chi connectivity index (χ0) is 20.8. The van der Waals surface area contributed by atoms with Gasteiger partial charge in [0.2, 0.25) is 5.52 Å². The van der Waals surface area contributed by atoms with Gasteiger partial charge in [0.05, 0.1) is 13.2 Å². The predicted octanol–water partition coefficient (Wildman–Crippen LogP) is 7.75. The molecule has 0 aromatic heterocycles. The summed E-state index contributed by atoms with van der Waals surface area (Å²) in [5.41, 5.74) is -0.247. The maximum Gasteiger partial charge on any atom is 0.397 e. The molecule has 0 bridgehead atoms. The largest absolute Gasteiger partial charge is 0.397 e. The van der Waals surface area contributed by atoms with Crippen molar-refractivity contribution in [3.8, 4) is 0 Å². The van der Waals surface area contributed by atoms with Crippen molar-refractivity contribution in [2.45, 2.75) is 111 Å². The summed E-state index contributed by atoms with van der Waals surface area (Å²) in [6.45, 7) is 9.37. The second-order valence-corrected chi connectivity index (χ2v) is 10.5. The van der Waals surface area contributed by atoms with Crippen LogP contribution in [0.3, 0.4) is 0 Å². The first kappa shape index (κ1) is 25.9. The molecule has 1 fully saturated rings. The Morgan fingerprint density at radius 3 is 1.71 bits per heavy atom. The Hall–Kier alpha value is -0.180. The van der Waals surface area contributed by atoms with E-state index in [-0.39, 0.29) is 11.4 Å². The van der Waals surface area contributed by atoms with Crippen LogP contribution in [0.1, 0.15) is 111 Å². The second-order valence-electron chi connectivity index (χ2n) is 8.60. The van der Waals surface area contributed by atoms with Crippen LogP contribution in [0, 0.1) is 17.8 Å². The van der Waals surface area contributed by atoms with Gasteiger partial charge in [-0.1, -0.05) is 85.5 Å². The molecule has 0 heterocycles. The van der Waals surface area contributed by atoms with Crippen LogP contribution < -0.4 is 0 Å². The quantitative estimate of drug-likeness (QED) is 0.241. The van der Waals surface area contributed by atoms with Crippen LogP contribution in [0.15, 0.2) is 0 Å². The van der Waals surface area contributed by atoms with E-state index < -0.39 is 7.60 Å². The van der Waals surface area contributed by atoms with Gasteiger partial charge < -0.3 is 9.05 Å². The van der Waals surface area contributed by atoms with Crippen LogP contribution in [0.25, 0.3) is 0 Å². The van der Waals surface area contributed by atoms with Gasteiger partial charge in [-0.05, 0) is 37.5 Å². The molecule has 2 unspecified atom stereocenters. The Balaban J connectivity index is 2.79. The molecule has 0 amide bonds. The SMILES string of the molecule is CCCCC(CC)COP(=O)(OCC(CC)CCCC)C(=O)C1CCCCC1. The molecule has 0 N–H and O–H groups in total. The minimum atomic E-state index is -3.72. The smallest absolute Gasteiger partial charge is 0.303 e. The van der Waals surface area contributed by atoms with Gasteiger partial charge in [-0.15, -0.1) is 0 Å². The summed E-state index contributed by atoms with van der Waals surface area (Å²) in [7, 11) is -3.72. The second kappa shape index (κ2) is 14.7. The summed E-state index contributed by atoms with van der Waals surface area (Å²) in [4.78, 5) is 13.1. The number of unbranched alkanes of at least 4 members (excludes halogenated alkanes) is 2. The minimum Gasteiger partial charge on any atom is -0.303 e. The van der Waals surface area contributed by atoms with E-state index in [1.807, 2.05) is 0 Å². The van der Waals surface area contributed by atoms with E-state index in [2.05, 4.69) is 27.7 Å². The zero-order valence-corrected chi connectivity index (χ0v) is 19.8. The van der Waals surface area contributed by atoms with Crippen molar-refractivity contribution in [2.24, 2.45) is 17.8 Å². The highest BCUT2D eigenvalue weighted by molar-refractivity contribution is 7.71. The lowest BCUT2D eigenvalue weighted by atomic mass is 9.90. The van der Waals surface area contributed by atoms with Gasteiger partial charge in [-0.3, -0.25) is 9.36 Å². The molecule has 0 aromatic carbocycles. The molecule has 166 valence electrons. The Morgan fingerprint density at radius 1 is 0.857 bits per heavy atom. The third-order valence-electron chi connectivity index (χ3n) is 6.27. The summed E-state index contributed by atoms with van der Waals surface area (Å²) in [5.74, 6) is 0.544. The third-order valence-corrected chi connectivity index (χ3v) is 8.15. The van der Waals surface area contributed by atoms with E-state index >= 15 is 0 Å². The Labute approximate surface area is 174 Å². The van der Waals surface area contributed by atoms with E-state index in [0.29, 0.717) is 25.0 Å². The molecular formula is C23H45O4P. The summed E-state index contributed by atoms with van der Waals surface area (Å²) in [5, 5.41) is 0. The fourth-order valence-electron chi connectivity index (χ4n) is 3.94. The zero-order valence-electron chi connectivity index (χ0n) is 18.9. The molecule has 0 spiro atoms. The highest BCUT2D eigenvalue weighted by Crippen LogP contribution is 2.54. The standard InChI is InChI=1S/C23H45O4P/c1-5-9-14-20(7-3)18-26-28(25,23(24)22-16-12-11-13-17-22)27-19-21(8-4)15-10-6-2/h20-22H,5-19H2,1-4H3. The normalized spacial score (nSPS) is 19.9. The van der Waals surface area contributed by atoms with Crippen molar-refractivity contribution < 1.29 is 18.4 Å². The average Bonchev–Trinajstić information content (AvgIpc) is 2.74. The van der Waals surface area contributed by atoms with Crippen LogP contribution in [0.5, 0.6) is 0 Å². The van der Waals surface area contributed by atoms with Crippen molar-refractivity contribution >= 4 is 13.1 Å². The molecule has 2 atom stereocenters. The number of hydrogen-bond donors (Lipinski definition) is 0. The molecule has 5 heteroatoms. The minimum absolute atomic E-state index is 0.147. The summed E-state index contributed by atoms with van der Waals surface area (Å²) in [6, 6.07) is 0. The number of hydrogen-bond acceptors (Lipinski definition) is 4. The van der Waals surface area contributed by atoms with Gasteiger partial charge in [0.1, 0.15) is 0 Å². The molecule has 28 heavy (non-hydrogen) atoms. The molecule has 0 saturated heterocycles. The van der Waals surface area contributed by atoms with E-state index in [4.69, 9.17) is 9.05 Å². The Morgan fingerprint density at radius 2 is 1.32 bits per heavy atom. The first-order valence-corrected chi connectivity index (χ1v) is 13.5. The van der Waals surface area contributed by atoms with Crippen molar-refractivity contribution in [1.82, 2.24) is 0 Å². The van der Waals surface area contributed by atoms with E-state index in [1.54, 1.807) is 0 Å². The summed E-state index contributed by atoms with van der Waals surface area (Å²) >= 11 is 0. The van der Waals surface area contributed by atoms with E-state index in [9.17, 15) is 9.36 Å². The fraction of sp³-hybridized carbons (Fsp3) is 0.957. The highest BCUT2D eigenvalue weighted by Gasteiger charge is 2.41. The van der Waals surface area contributed by atoms with Gasteiger partial charge in [0.25, 0.3) is 0 Å². The van der Waals surface area contributed by atoms with Crippen LogP contribution in [0.2, 0.25) is 0 Å². The molecule has 1 saturated carbocycles. The molecule has 0 aliphatic heterocycles. The number of carbonyl (C=O) groups excluding carboxylic acids is 1. The molecule has 0 aromatic rings.